The summed E-state index contributed by atoms with van der Waals surface area (Å²) < 4.78 is 0. The van der Waals surface area contributed by atoms with Gasteiger partial charge in [0.05, 0.1) is 0 Å². The predicted octanol–water partition coefficient (Wildman–Crippen LogP) is 3.34. The largest absolute Gasteiger partial charge is 0.309 e. The highest BCUT2D eigenvalue weighted by molar-refractivity contribution is 4.87. The number of piperidine rings is 1. The minimum absolute atomic E-state index is 0.385. The van der Waals surface area contributed by atoms with E-state index in [-0.39, 0.29) is 0 Å². The topological polar surface area (TPSA) is 12.0 Å². The van der Waals surface area contributed by atoms with Crippen molar-refractivity contribution >= 4 is 0 Å². The van der Waals surface area contributed by atoms with E-state index in [4.69, 9.17) is 0 Å². The minimum Gasteiger partial charge on any atom is -0.309 e. The van der Waals surface area contributed by atoms with Crippen LogP contribution in [0.15, 0.2) is 0 Å². The van der Waals surface area contributed by atoms with Crippen molar-refractivity contribution in [3.8, 4) is 0 Å². The van der Waals surface area contributed by atoms with Gasteiger partial charge in [-0.15, -0.1) is 0 Å². The van der Waals surface area contributed by atoms with Crippen LogP contribution in [0.4, 0.5) is 0 Å². The van der Waals surface area contributed by atoms with Gasteiger partial charge in [0.15, 0.2) is 0 Å². The zero-order valence-electron chi connectivity index (χ0n) is 9.69. The summed E-state index contributed by atoms with van der Waals surface area (Å²) in [5.74, 6) is 0.881. The molecule has 2 unspecified atom stereocenters. The minimum atomic E-state index is 0.385. The molecule has 0 amide bonds. The molecular formula is C12H25N. The molecule has 1 aliphatic rings. The van der Waals surface area contributed by atoms with E-state index in [2.05, 4.69) is 33.0 Å². The molecule has 0 aliphatic carbocycles. The van der Waals surface area contributed by atoms with Crippen molar-refractivity contribution in [3.05, 3.63) is 0 Å². The number of rotatable bonds is 3. The molecule has 78 valence electrons. The fourth-order valence-electron chi connectivity index (χ4n) is 2.32. The Morgan fingerprint density at radius 2 is 2.15 bits per heavy atom. The van der Waals surface area contributed by atoms with Gasteiger partial charge in [-0.25, -0.2) is 0 Å². The summed E-state index contributed by atoms with van der Waals surface area (Å²) in [4.78, 5) is 0. The van der Waals surface area contributed by atoms with E-state index in [1.165, 1.54) is 32.1 Å². The van der Waals surface area contributed by atoms with Crippen LogP contribution in [0.25, 0.3) is 0 Å². The zero-order valence-corrected chi connectivity index (χ0v) is 9.69. The molecule has 0 spiro atoms. The molecule has 0 aromatic carbocycles. The third-order valence-corrected chi connectivity index (χ3v) is 3.33. The molecule has 0 saturated carbocycles. The standard InChI is InChI=1S/C12H25N/c1-5-10(2)9-11-7-6-8-12(3,4)13-11/h10-11,13H,5-9H2,1-4H3. The van der Waals surface area contributed by atoms with Crippen LogP contribution in [0.1, 0.15) is 59.8 Å². The molecule has 1 aliphatic heterocycles. The van der Waals surface area contributed by atoms with Gasteiger partial charge in [0.25, 0.3) is 0 Å². The van der Waals surface area contributed by atoms with Crippen molar-refractivity contribution in [3.63, 3.8) is 0 Å². The lowest BCUT2D eigenvalue weighted by molar-refractivity contribution is 0.218. The average Bonchev–Trinajstić information content (AvgIpc) is 2.02. The van der Waals surface area contributed by atoms with Crippen molar-refractivity contribution in [2.45, 2.75) is 71.4 Å². The molecule has 1 saturated heterocycles. The van der Waals surface area contributed by atoms with Crippen molar-refractivity contribution in [1.29, 1.82) is 0 Å². The third-order valence-electron chi connectivity index (χ3n) is 3.33. The van der Waals surface area contributed by atoms with Crippen LogP contribution in [-0.2, 0) is 0 Å². The van der Waals surface area contributed by atoms with Crippen molar-refractivity contribution in [2.24, 2.45) is 5.92 Å². The van der Waals surface area contributed by atoms with E-state index >= 15 is 0 Å². The molecule has 1 N–H and O–H groups in total. The molecule has 2 atom stereocenters. The van der Waals surface area contributed by atoms with Crippen LogP contribution in [0.3, 0.4) is 0 Å². The molecule has 0 radical (unpaired) electrons. The molecular weight excluding hydrogens is 158 g/mol. The normalized spacial score (nSPS) is 30.0. The van der Waals surface area contributed by atoms with Crippen LogP contribution in [0.2, 0.25) is 0 Å². The Labute approximate surface area is 83.3 Å². The molecule has 1 rings (SSSR count). The first-order valence-electron chi connectivity index (χ1n) is 5.81. The number of nitrogens with one attached hydrogen (secondary N) is 1. The van der Waals surface area contributed by atoms with Crippen molar-refractivity contribution in [1.82, 2.24) is 5.32 Å². The smallest absolute Gasteiger partial charge is 0.0127 e. The molecule has 1 nitrogen and oxygen atoms in total. The molecule has 1 heteroatoms. The summed E-state index contributed by atoms with van der Waals surface area (Å²) in [6.07, 6.45) is 6.80. The first kappa shape index (κ1) is 11.0. The Hall–Kier alpha value is -0.0400. The van der Waals surface area contributed by atoms with Crippen LogP contribution >= 0.6 is 0 Å². The Kier molecular flexibility index (Phi) is 3.78. The third kappa shape index (κ3) is 3.68. The van der Waals surface area contributed by atoms with Gasteiger partial charge in [-0.2, -0.15) is 0 Å². The van der Waals surface area contributed by atoms with Gasteiger partial charge < -0.3 is 5.32 Å². The van der Waals surface area contributed by atoms with Gasteiger partial charge in [-0.05, 0) is 39.0 Å². The van der Waals surface area contributed by atoms with Gasteiger partial charge in [0, 0.05) is 11.6 Å². The van der Waals surface area contributed by atoms with E-state index in [1.807, 2.05) is 0 Å². The van der Waals surface area contributed by atoms with E-state index in [1.54, 1.807) is 0 Å². The maximum Gasteiger partial charge on any atom is 0.0127 e. The summed E-state index contributed by atoms with van der Waals surface area (Å²) in [7, 11) is 0. The second-order valence-electron chi connectivity index (χ2n) is 5.37. The van der Waals surface area contributed by atoms with Crippen LogP contribution in [-0.4, -0.2) is 11.6 Å². The maximum atomic E-state index is 3.76. The number of hydrogen-bond donors (Lipinski definition) is 1. The molecule has 0 aromatic heterocycles. The molecule has 1 heterocycles. The van der Waals surface area contributed by atoms with E-state index in [9.17, 15) is 0 Å². The first-order valence-corrected chi connectivity index (χ1v) is 5.81. The highest BCUT2D eigenvalue weighted by Gasteiger charge is 2.27. The molecule has 0 aromatic rings. The summed E-state index contributed by atoms with van der Waals surface area (Å²) in [6, 6.07) is 0.777. The fourth-order valence-corrected chi connectivity index (χ4v) is 2.32. The quantitative estimate of drug-likeness (QED) is 0.707. The second-order valence-corrected chi connectivity index (χ2v) is 5.37. The summed E-state index contributed by atoms with van der Waals surface area (Å²) in [6.45, 7) is 9.31. The Balaban J connectivity index is 2.34. The zero-order chi connectivity index (χ0) is 9.90. The van der Waals surface area contributed by atoms with Crippen LogP contribution in [0.5, 0.6) is 0 Å². The van der Waals surface area contributed by atoms with Gasteiger partial charge in [0.2, 0.25) is 0 Å². The second kappa shape index (κ2) is 4.45. The fraction of sp³-hybridized carbons (Fsp3) is 1.00. The van der Waals surface area contributed by atoms with Crippen molar-refractivity contribution in [2.75, 3.05) is 0 Å². The highest BCUT2D eigenvalue weighted by Crippen LogP contribution is 2.25. The van der Waals surface area contributed by atoms with Crippen molar-refractivity contribution < 1.29 is 0 Å². The SMILES string of the molecule is CCC(C)CC1CCCC(C)(C)N1. The Morgan fingerprint density at radius 3 is 2.69 bits per heavy atom. The van der Waals surface area contributed by atoms with Gasteiger partial charge >= 0.3 is 0 Å². The average molecular weight is 183 g/mol. The van der Waals surface area contributed by atoms with E-state index < -0.39 is 0 Å². The monoisotopic (exact) mass is 183 g/mol. The first-order chi connectivity index (χ1) is 6.03. The summed E-state index contributed by atoms with van der Waals surface area (Å²) in [5, 5.41) is 3.76. The molecule has 0 bridgehead atoms. The lowest BCUT2D eigenvalue weighted by atomic mass is 9.85. The lowest BCUT2D eigenvalue weighted by Gasteiger charge is -2.38. The van der Waals surface area contributed by atoms with Crippen LogP contribution < -0.4 is 5.32 Å². The summed E-state index contributed by atoms with van der Waals surface area (Å²) >= 11 is 0. The maximum absolute atomic E-state index is 3.76. The van der Waals surface area contributed by atoms with Gasteiger partial charge in [-0.1, -0.05) is 26.7 Å². The van der Waals surface area contributed by atoms with E-state index in [0.717, 1.165) is 12.0 Å². The lowest BCUT2D eigenvalue weighted by Crippen LogP contribution is -2.49. The number of hydrogen-bond acceptors (Lipinski definition) is 1. The van der Waals surface area contributed by atoms with Crippen LogP contribution in [0, 0.1) is 5.92 Å². The van der Waals surface area contributed by atoms with E-state index in [0.29, 0.717) is 5.54 Å². The van der Waals surface area contributed by atoms with Gasteiger partial charge in [-0.3, -0.25) is 0 Å². The van der Waals surface area contributed by atoms with Gasteiger partial charge in [0.1, 0.15) is 0 Å². The molecule has 13 heavy (non-hydrogen) atoms. The predicted molar refractivity (Wildman–Crippen MR) is 58.9 cm³/mol. The Bertz CT molecular complexity index is 151. The molecule has 1 fully saturated rings. The highest BCUT2D eigenvalue weighted by atomic mass is 15.0. The summed E-state index contributed by atoms with van der Waals surface area (Å²) in [5.41, 5.74) is 0.385. The Morgan fingerprint density at radius 1 is 1.46 bits per heavy atom.